The van der Waals surface area contributed by atoms with Crippen molar-refractivity contribution in [2.75, 3.05) is 26.2 Å². The Labute approximate surface area is 317 Å². The molecule has 52 heavy (non-hydrogen) atoms. The van der Waals surface area contributed by atoms with Crippen LogP contribution in [0.1, 0.15) is 95.2 Å². The van der Waals surface area contributed by atoms with Crippen LogP contribution in [-0.2, 0) is 4.79 Å². The molecular formula is C47H56ClNO3. The zero-order valence-corrected chi connectivity index (χ0v) is 32.1. The van der Waals surface area contributed by atoms with Crippen molar-refractivity contribution in [3.05, 3.63) is 113 Å². The number of ether oxygens (including phenoxy) is 1. The molecule has 5 heteroatoms. The number of nitrogens with zero attached hydrogens (tertiary/aromatic N) is 1. The molecule has 0 amide bonds. The Bertz CT molecular complexity index is 1760. The lowest BCUT2D eigenvalue weighted by Crippen LogP contribution is -2.53. The molecule has 0 spiro atoms. The molecule has 0 unspecified atom stereocenters. The van der Waals surface area contributed by atoms with Gasteiger partial charge in [0.05, 0.1) is 5.03 Å². The van der Waals surface area contributed by atoms with Crippen molar-refractivity contribution in [2.24, 2.45) is 29.1 Å². The van der Waals surface area contributed by atoms with Crippen molar-refractivity contribution in [1.29, 1.82) is 0 Å². The second kappa shape index (κ2) is 17.0. The molecule has 3 saturated carbocycles. The third kappa shape index (κ3) is 7.70. The Morgan fingerprint density at radius 2 is 1.50 bits per heavy atom. The number of halogens is 1. The van der Waals surface area contributed by atoms with Gasteiger partial charge in [-0.25, -0.2) is 0 Å². The summed E-state index contributed by atoms with van der Waals surface area (Å²) in [5.41, 5.74) is 4.67. The minimum absolute atomic E-state index is 0.0609. The summed E-state index contributed by atoms with van der Waals surface area (Å²) >= 11 is 6.87. The molecule has 4 nitrogen and oxygen atoms in total. The lowest BCUT2D eigenvalue weighted by Gasteiger charge is -2.55. The number of carbonyl (C=O) groups excluding carboxylic acids is 1. The predicted molar refractivity (Wildman–Crippen MR) is 215 cm³/mol. The van der Waals surface area contributed by atoms with Crippen LogP contribution in [0.4, 0.5) is 0 Å². The summed E-state index contributed by atoms with van der Waals surface area (Å²) in [5.74, 6) is 6.61. The molecule has 0 aromatic heterocycles. The number of ketones is 1. The SMILES string of the molecule is C#C[C@]1(O)CC[C@H]2[C@@H]3CCC4=CC(=O)CC[C@@H]4[C@H]3CC[C@@]21CC.CCN(CC)CCOc1ccc(/C(=C(/Cl)c2ccccc2)c2ccccc2)cc1. The normalized spacial score (nSPS) is 28.2. The number of hydrogen-bond acceptors (Lipinski definition) is 4. The van der Waals surface area contributed by atoms with Crippen LogP contribution in [0.15, 0.2) is 96.6 Å². The largest absolute Gasteiger partial charge is 0.492 e. The highest BCUT2D eigenvalue weighted by Crippen LogP contribution is 2.66. The molecule has 0 radical (unpaired) electrons. The number of terminal acetylenes is 1. The second-order valence-corrected chi connectivity index (χ2v) is 15.6. The highest BCUT2D eigenvalue weighted by Gasteiger charge is 2.63. The van der Waals surface area contributed by atoms with Crippen LogP contribution >= 0.6 is 11.6 Å². The van der Waals surface area contributed by atoms with E-state index in [9.17, 15) is 9.90 Å². The van der Waals surface area contributed by atoms with Gasteiger partial charge in [-0.3, -0.25) is 4.79 Å². The standard InChI is InChI=1S/C26H28ClNO.C21H28O2/c1-3-28(4-2)19-20-29-24-17-15-22(16-18-24)25(21-11-7-5-8-12-21)26(27)23-13-9-6-10-14-23;1-3-20-11-9-17-16-8-6-15(22)13-14(16)5-7-18(17)19(20)10-12-21(20,23)4-2/h5-18H,3-4,19-20H2,1-2H3;2,13,16-19,23H,3,5-12H2,1H3/b26-25+;/t;16-,17+,18+,19-,20-,21-/m.0/s1. The van der Waals surface area contributed by atoms with Crippen molar-refractivity contribution < 1.29 is 14.6 Å². The van der Waals surface area contributed by atoms with Crippen LogP contribution in [0.5, 0.6) is 5.75 Å². The number of hydrogen-bond donors (Lipinski definition) is 1. The van der Waals surface area contributed by atoms with Crippen molar-refractivity contribution in [3.8, 4) is 18.1 Å². The highest BCUT2D eigenvalue weighted by molar-refractivity contribution is 6.53. The minimum Gasteiger partial charge on any atom is -0.492 e. The molecule has 274 valence electrons. The maximum Gasteiger partial charge on any atom is 0.155 e. The monoisotopic (exact) mass is 717 g/mol. The molecule has 0 aliphatic heterocycles. The molecule has 4 aliphatic rings. The first kappa shape index (κ1) is 38.1. The lowest BCUT2D eigenvalue weighted by molar-refractivity contribution is -0.117. The molecule has 7 rings (SSSR count). The fourth-order valence-corrected chi connectivity index (χ4v) is 10.6. The number of allylic oxidation sites excluding steroid dienone is 1. The van der Waals surface area contributed by atoms with Gasteiger partial charge in [-0.2, -0.15) is 0 Å². The average Bonchev–Trinajstić information content (AvgIpc) is 3.50. The zero-order valence-electron chi connectivity index (χ0n) is 31.3. The number of carbonyl (C=O) groups is 1. The molecule has 1 N–H and O–H groups in total. The van der Waals surface area contributed by atoms with Gasteiger partial charge in [-0.1, -0.05) is 117 Å². The van der Waals surface area contributed by atoms with E-state index in [-0.39, 0.29) is 5.41 Å². The van der Waals surface area contributed by atoms with Gasteiger partial charge in [0.1, 0.15) is 18.0 Å². The van der Waals surface area contributed by atoms with E-state index in [1.54, 1.807) is 0 Å². The van der Waals surface area contributed by atoms with Crippen LogP contribution in [0.25, 0.3) is 10.6 Å². The molecule has 3 aromatic carbocycles. The number of benzene rings is 3. The molecule has 3 fully saturated rings. The molecule has 0 heterocycles. The summed E-state index contributed by atoms with van der Waals surface area (Å²) < 4.78 is 5.94. The summed E-state index contributed by atoms with van der Waals surface area (Å²) in [5, 5.41) is 11.9. The molecule has 6 atom stereocenters. The summed E-state index contributed by atoms with van der Waals surface area (Å²) in [6.45, 7) is 10.3. The maximum absolute atomic E-state index is 11.8. The van der Waals surface area contributed by atoms with Crippen molar-refractivity contribution in [1.82, 2.24) is 4.90 Å². The van der Waals surface area contributed by atoms with Gasteiger partial charge in [0.25, 0.3) is 0 Å². The Morgan fingerprint density at radius 1 is 0.846 bits per heavy atom. The van der Waals surface area contributed by atoms with E-state index < -0.39 is 5.60 Å². The highest BCUT2D eigenvalue weighted by atomic mass is 35.5. The number of likely N-dealkylation sites (N-methyl/N-ethyl adjacent to an activating group) is 1. The van der Waals surface area contributed by atoms with Crippen LogP contribution in [0.3, 0.4) is 0 Å². The molecular weight excluding hydrogens is 662 g/mol. The number of rotatable bonds is 10. The smallest absolute Gasteiger partial charge is 0.155 e. The Balaban J connectivity index is 0.000000183. The van der Waals surface area contributed by atoms with E-state index in [0.717, 1.165) is 97.6 Å². The molecule has 4 aliphatic carbocycles. The third-order valence-electron chi connectivity index (χ3n) is 13.0. The van der Waals surface area contributed by atoms with Gasteiger partial charge in [-0.05, 0) is 123 Å². The topological polar surface area (TPSA) is 49.8 Å². The van der Waals surface area contributed by atoms with E-state index in [0.29, 0.717) is 36.1 Å². The number of fused-ring (bicyclic) bond motifs is 5. The first-order valence-electron chi connectivity index (χ1n) is 19.7. The van der Waals surface area contributed by atoms with E-state index in [1.165, 1.54) is 18.4 Å². The second-order valence-electron chi connectivity index (χ2n) is 15.2. The van der Waals surface area contributed by atoms with E-state index >= 15 is 0 Å². The van der Waals surface area contributed by atoms with E-state index in [2.05, 4.69) is 55.9 Å². The summed E-state index contributed by atoms with van der Waals surface area (Å²) in [6, 6.07) is 28.6. The molecule has 0 saturated heterocycles. The Morgan fingerprint density at radius 3 is 2.13 bits per heavy atom. The fraction of sp³-hybridized carbons (Fsp3) is 0.468. The summed E-state index contributed by atoms with van der Waals surface area (Å²) in [7, 11) is 0. The first-order valence-corrected chi connectivity index (χ1v) is 20.0. The molecule has 0 bridgehead atoms. The number of aliphatic hydroxyl groups is 1. The van der Waals surface area contributed by atoms with Crippen LogP contribution < -0.4 is 4.74 Å². The summed E-state index contributed by atoms with van der Waals surface area (Å²) in [4.78, 5) is 14.1. The van der Waals surface area contributed by atoms with Crippen LogP contribution in [-0.4, -0.2) is 47.6 Å². The lowest BCUT2D eigenvalue weighted by atomic mass is 9.49. The van der Waals surface area contributed by atoms with Gasteiger partial charge in [0.2, 0.25) is 0 Å². The average molecular weight is 718 g/mol. The van der Waals surface area contributed by atoms with Gasteiger partial charge in [-0.15, -0.1) is 6.42 Å². The quantitative estimate of drug-likeness (QED) is 0.168. The first-order chi connectivity index (χ1) is 25.3. The minimum atomic E-state index is -0.893. The Kier molecular flexibility index (Phi) is 12.5. The Hall–Kier alpha value is -3.62. The predicted octanol–water partition coefficient (Wildman–Crippen LogP) is 10.4. The van der Waals surface area contributed by atoms with Crippen LogP contribution in [0, 0.1) is 41.4 Å². The zero-order chi connectivity index (χ0) is 36.7. The van der Waals surface area contributed by atoms with Crippen molar-refractivity contribution >= 4 is 28.0 Å². The van der Waals surface area contributed by atoms with Crippen molar-refractivity contribution in [3.63, 3.8) is 0 Å². The van der Waals surface area contributed by atoms with E-state index in [4.69, 9.17) is 22.8 Å². The van der Waals surface area contributed by atoms with Crippen LogP contribution in [0.2, 0.25) is 0 Å². The van der Waals surface area contributed by atoms with Gasteiger partial charge >= 0.3 is 0 Å². The summed E-state index contributed by atoms with van der Waals surface area (Å²) in [6.07, 6.45) is 16.9. The maximum atomic E-state index is 11.8. The van der Waals surface area contributed by atoms with Crippen molar-refractivity contribution in [2.45, 2.75) is 84.2 Å². The fourth-order valence-electron chi connectivity index (χ4n) is 10.3. The van der Waals surface area contributed by atoms with Gasteiger partial charge in [0.15, 0.2) is 5.78 Å². The molecule has 3 aromatic rings. The van der Waals surface area contributed by atoms with Gasteiger partial charge in [0, 0.05) is 24.0 Å². The third-order valence-corrected chi connectivity index (χ3v) is 13.4. The van der Waals surface area contributed by atoms with Gasteiger partial charge < -0.3 is 14.7 Å². The van der Waals surface area contributed by atoms with E-state index in [1.807, 2.05) is 66.7 Å².